The van der Waals surface area contributed by atoms with Gasteiger partial charge in [-0.2, -0.15) is 0 Å². The summed E-state index contributed by atoms with van der Waals surface area (Å²) in [5.74, 6) is -0.495. The number of rotatable bonds is 2. The van der Waals surface area contributed by atoms with Gasteiger partial charge in [0.2, 0.25) is 0 Å². The number of pyridine rings is 1. The van der Waals surface area contributed by atoms with Crippen LogP contribution in [0.15, 0.2) is 12.1 Å². The third kappa shape index (κ3) is 2.67. The number of aromatic carboxylic acids is 1. The summed E-state index contributed by atoms with van der Waals surface area (Å²) in [6, 6.07) is 3.53. The van der Waals surface area contributed by atoms with Crippen molar-refractivity contribution < 1.29 is 9.90 Å². The number of hydrogen-bond acceptors (Lipinski definition) is 3. The number of nitrogens with zero attached hydrogens (tertiary/aromatic N) is 2. The number of aromatic nitrogens is 3. The summed E-state index contributed by atoms with van der Waals surface area (Å²) in [5, 5.41) is 9.57. The van der Waals surface area contributed by atoms with Crippen LogP contribution in [0.2, 0.25) is 5.15 Å². The number of aryl methyl sites for hydroxylation is 1. The minimum absolute atomic E-state index is 0.0394. The molecule has 0 fully saturated rings. The smallest absolute Gasteiger partial charge is 0.356 e. The van der Waals surface area contributed by atoms with E-state index >= 15 is 0 Å². The van der Waals surface area contributed by atoms with E-state index in [9.17, 15) is 9.90 Å². The molecule has 0 saturated heterocycles. The number of halogens is 1. The van der Waals surface area contributed by atoms with Crippen molar-refractivity contribution in [1.82, 2.24) is 15.0 Å². The van der Waals surface area contributed by atoms with Crippen molar-refractivity contribution >= 4 is 17.6 Å². The van der Waals surface area contributed by atoms with E-state index in [1.165, 1.54) is 0 Å². The molecule has 0 saturated carbocycles. The number of carboxylic acid groups (broad SMARTS) is 1. The zero-order chi connectivity index (χ0) is 15.1. The summed E-state index contributed by atoms with van der Waals surface area (Å²) in [6.45, 7) is 7.68. The Morgan fingerprint density at radius 1 is 1.30 bits per heavy atom. The second-order valence-corrected chi connectivity index (χ2v) is 6.01. The standard InChI is InChI=1S/C14H16ClN3O2/c1-7-5-6-8(11(15)16-7)9-10(12(19)20)18-13(17-9)14(2,3)4/h5-6H,1-4H3,(H,17,18)(H,19,20). The highest BCUT2D eigenvalue weighted by Crippen LogP contribution is 2.31. The van der Waals surface area contributed by atoms with Gasteiger partial charge < -0.3 is 10.1 Å². The quantitative estimate of drug-likeness (QED) is 0.831. The van der Waals surface area contributed by atoms with Gasteiger partial charge in [-0.25, -0.2) is 14.8 Å². The van der Waals surface area contributed by atoms with E-state index in [0.717, 1.165) is 5.69 Å². The number of aromatic amines is 1. The Labute approximate surface area is 122 Å². The number of carbonyl (C=O) groups is 1. The fourth-order valence-electron chi connectivity index (χ4n) is 1.79. The maximum Gasteiger partial charge on any atom is 0.356 e. The fourth-order valence-corrected chi connectivity index (χ4v) is 2.08. The highest BCUT2D eigenvalue weighted by Gasteiger charge is 2.25. The van der Waals surface area contributed by atoms with Gasteiger partial charge in [-0.05, 0) is 19.1 Å². The van der Waals surface area contributed by atoms with Gasteiger partial charge in [-0.15, -0.1) is 0 Å². The van der Waals surface area contributed by atoms with E-state index in [0.29, 0.717) is 17.1 Å². The fraction of sp³-hybridized carbons (Fsp3) is 0.357. The van der Waals surface area contributed by atoms with Crippen LogP contribution in [0.5, 0.6) is 0 Å². The first-order chi connectivity index (χ1) is 9.20. The third-order valence-corrected chi connectivity index (χ3v) is 3.16. The topological polar surface area (TPSA) is 78.9 Å². The predicted molar refractivity (Wildman–Crippen MR) is 77.2 cm³/mol. The Hall–Kier alpha value is -1.88. The Morgan fingerprint density at radius 2 is 1.95 bits per heavy atom. The van der Waals surface area contributed by atoms with Crippen molar-refractivity contribution in [3.05, 3.63) is 34.5 Å². The minimum Gasteiger partial charge on any atom is -0.476 e. The van der Waals surface area contributed by atoms with Crippen molar-refractivity contribution in [2.45, 2.75) is 33.1 Å². The molecule has 0 aliphatic heterocycles. The lowest BCUT2D eigenvalue weighted by Crippen LogP contribution is -2.13. The van der Waals surface area contributed by atoms with Crippen LogP contribution in [-0.2, 0) is 5.41 Å². The number of H-pyrrole nitrogens is 1. The molecule has 2 N–H and O–H groups in total. The summed E-state index contributed by atoms with van der Waals surface area (Å²) in [7, 11) is 0. The van der Waals surface area contributed by atoms with E-state index in [1.807, 2.05) is 27.7 Å². The van der Waals surface area contributed by atoms with Crippen molar-refractivity contribution in [3.8, 4) is 11.3 Å². The maximum absolute atomic E-state index is 11.4. The van der Waals surface area contributed by atoms with Crippen molar-refractivity contribution in [2.24, 2.45) is 0 Å². The zero-order valence-corrected chi connectivity index (χ0v) is 12.5. The lowest BCUT2D eigenvalue weighted by molar-refractivity contribution is 0.0692. The molecule has 5 nitrogen and oxygen atoms in total. The van der Waals surface area contributed by atoms with Crippen LogP contribution >= 0.6 is 11.6 Å². The zero-order valence-electron chi connectivity index (χ0n) is 11.8. The van der Waals surface area contributed by atoms with Gasteiger partial charge >= 0.3 is 5.97 Å². The third-order valence-electron chi connectivity index (χ3n) is 2.87. The summed E-state index contributed by atoms with van der Waals surface area (Å²) < 4.78 is 0. The molecular weight excluding hydrogens is 278 g/mol. The van der Waals surface area contributed by atoms with Crippen LogP contribution in [0.4, 0.5) is 0 Å². The SMILES string of the molecule is Cc1ccc(-c2[nH]c(C(C)(C)C)nc2C(=O)O)c(Cl)n1. The highest BCUT2D eigenvalue weighted by molar-refractivity contribution is 6.32. The Kier molecular flexibility index (Phi) is 3.56. The molecule has 20 heavy (non-hydrogen) atoms. The first-order valence-corrected chi connectivity index (χ1v) is 6.55. The van der Waals surface area contributed by atoms with E-state index in [-0.39, 0.29) is 16.3 Å². The number of nitrogens with one attached hydrogen (secondary N) is 1. The average molecular weight is 294 g/mol. The summed E-state index contributed by atoms with van der Waals surface area (Å²) in [5.41, 5.74) is 1.37. The van der Waals surface area contributed by atoms with Crippen molar-refractivity contribution in [3.63, 3.8) is 0 Å². The summed E-state index contributed by atoms with van der Waals surface area (Å²) >= 11 is 6.11. The minimum atomic E-state index is -1.09. The molecular formula is C14H16ClN3O2. The van der Waals surface area contributed by atoms with Gasteiger partial charge in [-0.3, -0.25) is 0 Å². The van der Waals surface area contributed by atoms with E-state index < -0.39 is 5.97 Å². The van der Waals surface area contributed by atoms with Gasteiger partial charge in [-0.1, -0.05) is 32.4 Å². The molecule has 0 aliphatic carbocycles. The Bertz CT molecular complexity index is 672. The van der Waals surface area contributed by atoms with E-state index in [2.05, 4.69) is 15.0 Å². The van der Waals surface area contributed by atoms with Gasteiger partial charge in [0.05, 0.1) is 5.69 Å². The van der Waals surface area contributed by atoms with Gasteiger partial charge in [0.25, 0.3) is 0 Å². The van der Waals surface area contributed by atoms with Gasteiger partial charge in [0.1, 0.15) is 11.0 Å². The lowest BCUT2D eigenvalue weighted by atomic mass is 9.96. The number of hydrogen-bond donors (Lipinski definition) is 2. The summed E-state index contributed by atoms with van der Waals surface area (Å²) in [4.78, 5) is 22.8. The van der Waals surface area contributed by atoms with Gasteiger partial charge in [0.15, 0.2) is 5.69 Å². The largest absolute Gasteiger partial charge is 0.476 e. The van der Waals surface area contributed by atoms with Crippen LogP contribution in [-0.4, -0.2) is 26.0 Å². The molecule has 0 radical (unpaired) electrons. The normalized spacial score (nSPS) is 11.7. The second-order valence-electron chi connectivity index (χ2n) is 5.66. The van der Waals surface area contributed by atoms with Crippen LogP contribution in [0.25, 0.3) is 11.3 Å². The molecule has 0 aliphatic rings. The number of carboxylic acids is 1. The molecule has 2 heterocycles. The second kappa shape index (κ2) is 4.90. The molecule has 2 aromatic heterocycles. The molecule has 0 aromatic carbocycles. The lowest BCUT2D eigenvalue weighted by Gasteiger charge is -2.14. The molecule has 2 rings (SSSR count). The Balaban J connectivity index is 2.66. The first kappa shape index (κ1) is 14.5. The van der Waals surface area contributed by atoms with Crippen molar-refractivity contribution in [2.75, 3.05) is 0 Å². The molecule has 2 aromatic rings. The molecule has 106 valence electrons. The molecule has 0 amide bonds. The molecule has 0 spiro atoms. The van der Waals surface area contributed by atoms with Crippen LogP contribution in [0.1, 0.15) is 42.8 Å². The predicted octanol–water partition coefficient (Wildman–Crippen LogP) is 3.43. The monoisotopic (exact) mass is 293 g/mol. The first-order valence-electron chi connectivity index (χ1n) is 6.17. The van der Waals surface area contributed by atoms with Crippen LogP contribution < -0.4 is 0 Å². The van der Waals surface area contributed by atoms with Crippen molar-refractivity contribution in [1.29, 1.82) is 0 Å². The maximum atomic E-state index is 11.4. The highest BCUT2D eigenvalue weighted by atomic mass is 35.5. The molecule has 0 bridgehead atoms. The average Bonchev–Trinajstić information content (AvgIpc) is 2.73. The molecule has 0 unspecified atom stereocenters. The van der Waals surface area contributed by atoms with Crippen LogP contribution in [0.3, 0.4) is 0 Å². The van der Waals surface area contributed by atoms with Gasteiger partial charge in [0, 0.05) is 16.7 Å². The number of imidazole rings is 1. The van der Waals surface area contributed by atoms with Crippen LogP contribution in [0, 0.1) is 6.92 Å². The Morgan fingerprint density at radius 3 is 2.45 bits per heavy atom. The molecule has 6 heteroatoms. The molecule has 0 atom stereocenters. The summed E-state index contributed by atoms with van der Waals surface area (Å²) in [6.07, 6.45) is 0. The van der Waals surface area contributed by atoms with E-state index in [4.69, 9.17) is 11.6 Å². The van der Waals surface area contributed by atoms with E-state index in [1.54, 1.807) is 12.1 Å².